The van der Waals surface area contributed by atoms with Crippen LogP contribution in [0.15, 0.2) is 24.3 Å². The number of hydrogen-bond donors (Lipinski definition) is 2. The maximum atomic E-state index is 12.3. The maximum Gasteiger partial charge on any atom is 0.230 e. The number of halogens is 1. The number of nitrogens with one attached hydrogen (secondary N) is 1. The fourth-order valence-corrected chi connectivity index (χ4v) is 2.48. The first kappa shape index (κ1) is 14.4. The number of benzene rings is 1. The van der Waals surface area contributed by atoms with Crippen molar-refractivity contribution in [2.45, 2.75) is 44.1 Å². The predicted molar refractivity (Wildman–Crippen MR) is 76.3 cm³/mol. The van der Waals surface area contributed by atoms with Crippen molar-refractivity contribution < 1.29 is 9.90 Å². The van der Waals surface area contributed by atoms with E-state index in [2.05, 4.69) is 5.32 Å². The molecule has 0 bridgehead atoms. The van der Waals surface area contributed by atoms with Gasteiger partial charge in [-0.25, -0.2) is 0 Å². The SMILES string of the molecule is CCCC(O)CNC(=O)C1(c2ccc(Cl)cc2)CC1. The molecule has 2 N–H and O–H groups in total. The van der Waals surface area contributed by atoms with Crippen LogP contribution in [0.4, 0.5) is 0 Å². The molecule has 2 rings (SSSR count). The molecular formula is C15H20ClNO2. The smallest absolute Gasteiger partial charge is 0.230 e. The first-order valence-electron chi connectivity index (χ1n) is 6.81. The molecule has 19 heavy (non-hydrogen) atoms. The summed E-state index contributed by atoms with van der Waals surface area (Å²) >= 11 is 5.87. The number of aliphatic hydroxyl groups is 1. The van der Waals surface area contributed by atoms with Crippen molar-refractivity contribution in [3.8, 4) is 0 Å². The van der Waals surface area contributed by atoms with Gasteiger partial charge < -0.3 is 10.4 Å². The average Bonchev–Trinajstić information content (AvgIpc) is 3.19. The zero-order valence-electron chi connectivity index (χ0n) is 11.2. The molecule has 1 aliphatic rings. The van der Waals surface area contributed by atoms with Gasteiger partial charge in [0.05, 0.1) is 11.5 Å². The van der Waals surface area contributed by atoms with E-state index in [9.17, 15) is 9.90 Å². The first-order chi connectivity index (χ1) is 9.08. The lowest BCUT2D eigenvalue weighted by Crippen LogP contribution is -2.39. The van der Waals surface area contributed by atoms with E-state index >= 15 is 0 Å². The largest absolute Gasteiger partial charge is 0.391 e. The lowest BCUT2D eigenvalue weighted by molar-refractivity contribution is -0.124. The molecule has 1 amide bonds. The van der Waals surface area contributed by atoms with Crippen molar-refractivity contribution in [3.63, 3.8) is 0 Å². The molecule has 0 heterocycles. The second kappa shape index (κ2) is 5.93. The van der Waals surface area contributed by atoms with E-state index in [0.717, 1.165) is 24.8 Å². The van der Waals surface area contributed by atoms with Crippen LogP contribution in [0.5, 0.6) is 0 Å². The molecular weight excluding hydrogens is 262 g/mol. The molecule has 4 heteroatoms. The summed E-state index contributed by atoms with van der Waals surface area (Å²) in [6.07, 6.45) is 2.91. The summed E-state index contributed by atoms with van der Waals surface area (Å²) in [4.78, 5) is 12.3. The highest BCUT2D eigenvalue weighted by Crippen LogP contribution is 2.48. The second-order valence-corrected chi connectivity index (χ2v) is 5.68. The zero-order chi connectivity index (χ0) is 13.9. The Morgan fingerprint density at radius 2 is 2.05 bits per heavy atom. The molecule has 104 valence electrons. The van der Waals surface area contributed by atoms with Crippen molar-refractivity contribution in [3.05, 3.63) is 34.9 Å². The van der Waals surface area contributed by atoms with Gasteiger partial charge >= 0.3 is 0 Å². The number of rotatable bonds is 6. The van der Waals surface area contributed by atoms with Gasteiger partial charge in [-0.3, -0.25) is 4.79 Å². The Morgan fingerprint density at radius 3 is 2.58 bits per heavy atom. The number of hydrogen-bond acceptors (Lipinski definition) is 2. The predicted octanol–water partition coefficient (Wildman–Crippen LogP) is 2.65. The van der Waals surface area contributed by atoms with E-state index in [1.807, 2.05) is 31.2 Å². The molecule has 0 saturated heterocycles. The Kier molecular flexibility index (Phi) is 4.48. The van der Waals surface area contributed by atoms with Gasteiger partial charge in [-0.15, -0.1) is 0 Å². The molecule has 0 spiro atoms. The lowest BCUT2D eigenvalue weighted by Gasteiger charge is -2.17. The Hall–Kier alpha value is -1.06. The van der Waals surface area contributed by atoms with Crippen molar-refractivity contribution >= 4 is 17.5 Å². The topological polar surface area (TPSA) is 49.3 Å². The quantitative estimate of drug-likeness (QED) is 0.842. The molecule has 0 aliphatic heterocycles. The van der Waals surface area contributed by atoms with Crippen LogP contribution in [0.25, 0.3) is 0 Å². The summed E-state index contributed by atoms with van der Waals surface area (Å²) in [5.41, 5.74) is 0.621. The third-order valence-electron chi connectivity index (χ3n) is 3.70. The average molecular weight is 282 g/mol. The van der Waals surface area contributed by atoms with Crippen molar-refractivity contribution in [2.24, 2.45) is 0 Å². The highest BCUT2D eigenvalue weighted by atomic mass is 35.5. The lowest BCUT2D eigenvalue weighted by atomic mass is 9.95. The summed E-state index contributed by atoms with van der Waals surface area (Å²) in [5.74, 6) is 0.0185. The van der Waals surface area contributed by atoms with Crippen LogP contribution in [0, 0.1) is 0 Å². The summed E-state index contributed by atoms with van der Waals surface area (Å²) < 4.78 is 0. The third kappa shape index (κ3) is 3.28. The number of carbonyl (C=O) groups is 1. The molecule has 1 aliphatic carbocycles. The van der Waals surface area contributed by atoms with Crippen LogP contribution < -0.4 is 5.32 Å². The van der Waals surface area contributed by atoms with Gasteiger partial charge in [0, 0.05) is 11.6 Å². The zero-order valence-corrected chi connectivity index (χ0v) is 11.9. The minimum Gasteiger partial charge on any atom is -0.391 e. The molecule has 1 saturated carbocycles. The molecule has 0 radical (unpaired) electrons. The maximum absolute atomic E-state index is 12.3. The molecule has 1 fully saturated rings. The van der Waals surface area contributed by atoms with Crippen molar-refractivity contribution in [1.29, 1.82) is 0 Å². The number of amides is 1. The molecule has 1 unspecified atom stereocenters. The molecule has 1 aromatic rings. The second-order valence-electron chi connectivity index (χ2n) is 5.24. The van der Waals surface area contributed by atoms with E-state index in [1.54, 1.807) is 0 Å². The Labute approximate surface area is 119 Å². The van der Waals surface area contributed by atoms with E-state index in [0.29, 0.717) is 18.0 Å². The summed E-state index contributed by atoms with van der Waals surface area (Å²) in [5, 5.41) is 13.2. The Morgan fingerprint density at radius 1 is 1.42 bits per heavy atom. The van der Waals surface area contributed by atoms with Crippen molar-refractivity contribution in [1.82, 2.24) is 5.32 Å². The van der Waals surface area contributed by atoms with Gasteiger partial charge in [0.1, 0.15) is 0 Å². The summed E-state index contributed by atoms with van der Waals surface area (Å²) in [6, 6.07) is 7.46. The fraction of sp³-hybridized carbons (Fsp3) is 0.533. The van der Waals surface area contributed by atoms with Gasteiger partial charge in [0.15, 0.2) is 0 Å². The highest BCUT2D eigenvalue weighted by molar-refractivity contribution is 6.30. The van der Waals surface area contributed by atoms with E-state index in [-0.39, 0.29) is 5.91 Å². The normalized spacial score (nSPS) is 17.8. The number of carbonyl (C=O) groups excluding carboxylic acids is 1. The van der Waals surface area contributed by atoms with Crippen LogP contribution in [0.1, 0.15) is 38.2 Å². The van der Waals surface area contributed by atoms with Gasteiger partial charge in [-0.05, 0) is 37.0 Å². The van der Waals surface area contributed by atoms with Gasteiger partial charge in [0.25, 0.3) is 0 Å². The van der Waals surface area contributed by atoms with Crippen LogP contribution in [-0.2, 0) is 10.2 Å². The Balaban J connectivity index is 1.96. The van der Waals surface area contributed by atoms with Crippen molar-refractivity contribution in [2.75, 3.05) is 6.54 Å². The van der Waals surface area contributed by atoms with Crippen LogP contribution in [0.2, 0.25) is 5.02 Å². The number of aliphatic hydroxyl groups excluding tert-OH is 1. The Bertz CT molecular complexity index is 440. The molecule has 1 atom stereocenters. The van der Waals surface area contributed by atoms with Crippen LogP contribution >= 0.6 is 11.6 Å². The minimum absolute atomic E-state index is 0.0185. The van der Waals surface area contributed by atoms with E-state index < -0.39 is 11.5 Å². The van der Waals surface area contributed by atoms with Crippen LogP contribution in [-0.4, -0.2) is 23.7 Å². The summed E-state index contributed by atoms with van der Waals surface area (Å²) in [6.45, 7) is 2.35. The van der Waals surface area contributed by atoms with Gasteiger partial charge in [-0.2, -0.15) is 0 Å². The standard InChI is InChI=1S/C15H20ClNO2/c1-2-3-13(18)10-17-14(19)15(8-9-15)11-4-6-12(16)7-5-11/h4-7,13,18H,2-3,8-10H2,1H3,(H,17,19). The molecule has 3 nitrogen and oxygen atoms in total. The third-order valence-corrected chi connectivity index (χ3v) is 3.95. The van der Waals surface area contributed by atoms with Crippen LogP contribution in [0.3, 0.4) is 0 Å². The van der Waals surface area contributed by atoms with E-state index in [4.69, 9.17) is 11.6 Å². The summed E-state index contributed by atoms with van der Waals surface area (Å²) in [7, 11) is 0. The first-order valence-corrected chi connectivity index (χ1v) is 7.18. The highest BCUT2D eigenvalue weighted by Gasteiger charge is 2.51. The van der Waals surface area contributed by atoms with Gasteiger partial charge in [0.2, 0.25) is 5.91 Å². The van der Waals surface area contributed by atoms with Gasteiger partial charge in [-0.1, -0.05) is 37.1 Å². The monoisotopic (exact) mass is 281 g/mol. The molecule has 1 aromatic carbocycles. The molecule has 0 aromatic heterocycles. The van der Waals surface area contributed by atoms with E-state index in [1.165, 1.54) is 0 Å². The minimum atomic E-state index is -0.449. The fourth-order valence-electron chi connectivity index (χ4n) is 2.36.